The van der Waals surface area contributed by atoms with Crippen LogP contribution < -0.4 is 5.73 Å². The van der Waals surface area contributed by atoms with Crippen LogP contribution in [0.2, 0.25) is 0 Å². The largest absolute Gasteiger partial charge is 0.396 e. The van der Waals surface area contributed by atoms with Crippen molar-refractivity contribution in [1.82, 2.24) is 19.5 Å². The maximum absolute atomic E-state index is 9.98. The first-order chi connectivity index (χ1) is 11.4. The highest BCUT2D eigenvalue weighted by atomic mass is 35.5. The van der Waals surface area contributed by atoms with E-state index in [1.807, 2.05) is 0 Å². The zero-order valence-corrected chi connectivity index (χ0v) is 14.1. The fraction of sp³-hybridized carbons (Fsp3) is 0.500. The molecule has 0 radical (unpaired) electrons. The average molecular weight is 372 g/mol. The molecular weight excluding hydrogens is 357 g/mol. The Morgan fingerprint density at radius 3 is 2.92 bits per heavy atom. The molecule has 128 valence electrons. The fourth-order valence-electron chi connectivity index (χ4n) is 2.96. The van der Waals surface area contributed by atoms with Crippen LogP contribution in [0.3, 0.4) is 0 Å². The molecular formula is C14H15Cl2N5O3. The summed E-state index contributed by atoms with van der Waals surface area (Å²) in [6.07, 6.45) is 0.432. The van der Waals surface area contributed by atoms with E-state index in [-0.39, 0.29) is 12.6 Å². The molecule has 3 rings (SSSR count). The summed E-state index contributed by atoms with van der Waals surface area (Å²) in [6.45, 7) is 1.21. The molecule has 3 heterocycles. The van der Waals surface area contributed by atoms with E-state index < -0.39 is 29.2 Å². The Bertz CT molecular complexity index is 818. The minimum Gasteiger partial charge on any atom is -0.396 e. The van der Waals surface area contributed by atoms with Crippen LogP contribution in [0.4, 0.5) is 5.95 Å². The van der Waals surface area contributed by atoms with E-state index >= 15 is 0 Å². The predicted octanol–water partition coefficient (Wildman–Crippen LogP) is 0.472. The lowest BCUT2D eigenvalue weighted by Crippen LogP contribution is -2.40. The fourth-order valence-corrected chi connectivity index (χ4v) is 3.56. The number of alkyl halides is 1. The van der Waals surface area contributed by atoms with Crippen LogP contribution in [0.15, 0.2) is 12.5 Å². The Hall–Kier alpha value is -1.63. The van der Waals surface area contributed by atoms with Crippen molar-refractivity contribution in [3.8, 4) is 11.3 Å². The average Bonchev–Trinajstić information content (AvgIpc) is 3.05. The van der Waals surface area contributed by atoms with Crippen molar-refractivity contribution in [3.63, 3.8) is 0 Å². The molecule has 0 aliphatic carbocycles. The number of anilines is 1. The molecule has 0 aromatic carbocycles. The summed E-state index contributed by atoms with van der Waals surface area (Å²) >= 11 is 12.3. The maximum atomic E-state index is 9.98. The smallest absolute Gasteiger partial charge is 0.222 e. The molecule has 10 heteroatoms. The molecule has 0 saturated carbocycles. The molecule has 1 saturated heterocycles. The quantitative estimate of drug-likeness (QED) is 0.529. The molecule has 8 nitrogen and oxygen atoms in total. The molecule has 4 N–H and O–H groups in total. The molecule has 0 spiro atoms. The van der Waals surface area contributed by atoms with Gasteiger partial charge in [0.15, 0.2) is 16.7 Å². The number of nitrogens with zero attached hydrogens (tertiary/aromatic N) is 4. The van der Waals surface area contributed by atoms with E-state index in [1.165, 1.54) is 12.5 Å². The monoisotopic (exact) mass is 371 g/mol. The van der Waals surface area contributed by atoms with Gasteiger partial charge in [-0.05, 0) is 18.5 Å². The normalized spacial score (nSPS) is 31.0. The van der Waals surface area contributed by atoms with E-state index in [0.29, 0.717) is 11.2 Å². The van der Waals surface area contributed by atoms with E-state index in [0.717, 1.165) is 0 Å². The van der Waals surface area contributed by atoms with Crippen LogP contribution in [0.1, 0.15) is 13.2 Å². The maximum Gasteiger partial charge on any atom is 0.222 e. The van der Waals surface area contributed by atoms with Crippen molar-refractivity contribution in [3.05, 3.63) is 12.5 Å². The molecule has 2 unspecified atom stereocenters. The number of hydrogen-bond acceptors (Lipinski definition) is 7. The van der Waals surface area contributed by atoms with Crippen LogP contribution in [0.5, 0.6) is 0 Å². The van der Waals surface area contributed by atoms with Crippen LogP contribution in [-0.4, -0.2) is 53.4 Å². The number of fused-ring (bicyclic) bond motifs is 1. The van der Waals surface area contributed by atoms with E-state index in [4.69, 9.17) is 33.7 Å². The van der Waals surface area contributed by atoms with E-state index in [2.05, 4.69) is 26.3 Å². The van der Waals surface area contributed by atoms with Gasteiger partial charge < -0.3 is 20.7 Å². The number of aromatic nitrogens is 4. The van der Waals surface area contributed by atoms with Gasteiger partial charge in [-0.1, -0.05) is 17.5 Å². The Morgan fingerprint density at radius 2 is 2.29 bits per heavy atom. The third kappa shape index (κ3) is 2.59. The number of aliphatic hydroxyl groups is 2. The summed E-state index contributed by atoms with van der Waals surface area (Å²) in [5.41, 5.74) is 6.53. The summed E-state index contributed by atoms with van der Waals surface area (Å²) in [5.74, 6) is 2.08. The zero-order chi connectivity index (χ0) is 17.5. The Morgan fingerprint density at radius 1 is 1.54 bits per heavy atom. The standard InChI is InChI=1S/C14H15Cl2N5O3/c1-7(23)10-8(5-22)14(16,2-3-15)12(24-10)21-6-19-9-4-18-13(17)20-11(9)21/h4,6-8,10,12,22-23H,5H2,1H3,(H2,17,18,20)/t7-,8?,10-,12-,14?/m1/s1. The summed E-state index contributed by atoms with van der Waals surface area (Å²) in [5, 5.41) is 22.0. The first-order valence-corrected chi connectivity index (χ1v) is 7.89. The lowest BCUT2D eigenvalue weighted by molar-refractivity contribution is -0.0662. The number of hydrogen-bond donors (Lipinski definition) is 3. The molecule has 2 aromatic heterocycles. The second kappa shape index (κ2) is 6.35. The highest BCUT2D eigenvalue weighted by molar-refractivity contribution is 6.32. The van der Waals surface area contributed by atoms with Gasteiger partial charge in [0, 0.05) is 11.3 Å². The number of rotatable bonds is 3. The minimum atomic E-state index is -1.38. The van der Waals surface area contributed by atoms with Gasteiger partial charge >= 0.3 is 0 Å². The summed E-state index contributed by atoms with van der Waals surface area (Å²) < 4.78 is 7.45. The number of imidazole rings is 1. The SMILES string of the molecule is C[C@@H](O)[C@H]1O[C@@H](n2cnc3cnc(N)nc32)C(Cl)(C#CCl)C1CO. The van der Waals surface area contributed by atoms with Gasteiger partial charge in [-0.25, -0.2) is 9.97 Å². The van der Waals surface area contributed by atoms with Gasteiger partial charge in [0.1, 0.15) is 5.52 Å². The highest BCUT2D eigenvalue weighted by Gasteiger charge is 2.57. The van der Waals surface area contributed by atoms with Gasteiger partial charge in [0.2, 0.25) is 5.95 Å². The zero-order valence-electron chi connectivity index (χ0n) is 12.6. The van der Waals surface area contributed by atoms with Gasteiger partial charge in [0.25, 0.3) is 0 Å². The van der Waals surface area contributed by atoms with Crippen molar-refractivity contribution in [2.75, 3.05) is 12.3 Å². The molecule has 1 aliphatic rings. The predicted molar refractivity (Wildman–Crippen MR) is 88.1 cm³/mol. The highest BCUT2D eigenvalue weighted by Crippen LogP contribution is 2.48. The lowest BCUT2D eigenvalue weighted by atomic mass is 9.87. The Kier molecular flexibility index (Phi) is 4.55. The third-order valence-electron chi connectivity index (χ3n) is 4.08. The van der Waals surface area contributed by atoms with Gasteiger partial charge in [-0.15, -0.1) is 0 Å². The van der Waals surface area contributed by atoms with E-state index in [1.54, 1.807) is 11.5 Å². The molecule has 5 atom stereocenters. The summed E-state index contributed by atoms with van der Waals surface area (Å²) in [6, 6.07) is 0. The van der Waals surface area contributed by atoms with Crippen molar-refractivity contribution in [1.29, 1.82) is 0 Å². The molecule has 1 aliphatic heterocycles. The number of ether oxygens (including phenoxy) is 1. The topological polar surface area (TPSA) is 119 Å². The molecule has 0 amide bonds. The first kappa shape index (κ1) is 17.2. The van der Waals surface area contributed by atoms with Gasteiger partial charge in [-0.3, -0.25) is 4.57 Å². The van der Waals surface area contributed by atoms with Gasteiger partial charge in [-0.2, -0.15) is 4.98 Å². The number of nitrogens with two attached hydrogens (primary N) is 1. The van der Waals surface area contributed by atoms with Crippen molar-refractivity contribution in [2.45, 2.75) is 30.2 Å². The number of aliphatic hydroxyl groups excluding tert-OH is 2. The summed E-state index contributed by atoms with van der Waals surface area (Å²) in [7, 11) is 0. The van der Waals surface area contributed by atoms with Crippen molar-refractivity contribution < 1.29 is 14.9 Å². The summed E-state index contributed by atoms with van der Waals surface area (Å²) in [4.78, 5) is 10.8. The van der Waals surface area contributed by atoms with Crippen molar-refractivity contribution in [2.24, 2.45) is 5.92 Å². The van der Waals surface area contributed by atoms with E-state index in [9.17, 15) is 10.2 Å². The van der Waals surface area contributed by atoms with Crippen LogP contribution >= 0.6 is 23.2 Å². The Balaban J connectivity index is 2.16. The molecule has 1 fully saturated rings. The molecule has 2 aromatic rings. The Labute approximate surface area is 147 Å². The molecule has 24 heavy (non-hydrogen) atoms. The van der Waals surface area contributed by atoms with Crippen LogP contribution in [0.25, 0.3) is 11.2 Å². The number of halogens is 2. The van der Waals surface area contributed by atoms with Crippen molar-refractivity contribution >= 4 is 40.3 Å². The second-order valence-electron chi connectivity index (χ2n) is 5.56. The van der Waals surface area contributed by atoms with Crippen LogP contribution in [-0.2, 0) is 4.74 Å². The minimum absolute atomic E-state index is 0.0663. The lowest BCUT2D eigenvalue weighted by Gasteiger charge is -2.27. The van der Waals surface area contributed by atoms with Gasteiger partial charge in [0.05, 0.1) is 31.3 Å². The third-order valence-corrected chi connectivity index (χ3v) is 4.74. The number of nitrogen functional groups attached to an aromatic ring is 1. The second-order valence-corrected chi connectivity index (χ2v) is 6.37. The molecule has 0 bridgehead atoms. The van der Waals surface area contributed by atoms with Crippen LogP contribution in [0, 0.1) is 17.2 Å². The first-order valence-electron chi connectivity index (χ1n) is 7.13.